The average molecular weight is 758 g/mol. The second kappa shape index (κ2) is 21.4. The van der Waals surface area contributed by atoms with Gasteiger partial charge in [0.15, 0.2) is 0 Å². The summed E-state index contributed by atoms with van der Waals surface area (Å²) in [6, 6.07) is 0.514. The number of ether oxygens (including phenoxy) is 2. The van der Waals surface area contributed by atoms with Crippen molar-refractivity contribution in [1.82, 2.24) is 14.9 Å². The van der Waals surface area contributed by atoms with Gasteiger partial charge in [0.1, 0.15) is 0 Å². The predicted molar refractivity (Wildman–Crippen MR) is 228 cm³/mol. The van der Waals surface area contributed by atoms with Gasteiger partial charge in [0.25, 0.3) is 0 Å². The zero-order valence-electron chi connectivity index (χ0n) is 39.5. The van der Waals surface area contributed by atoms with E-state index in [-0.39, 0.29) is 39.2 Å². The molecule has 2 N–H and O–H groups in total. The third-order valence-corrected chi connectivity index (χ3v) is 10.5. The van der Waals surface area contributed by atoms with Crippen molar-refractivity contribution in [2.45, 2.75) is 254 Å². The third kappa shape index (κ3) is 18.2. The van der Waals surface area contributed by atoms with Gasteiger partial charge in [-0.05, 0) is 140 Å². The molecule has 0 aliphatic carbocycles. The van der Waals surface area contributed by atoms with Crippen molar-refractivity contribution in [3.05, 3.63) is 0 Å². The molecule has 2 heterocycles. The van der Waals surface area contributed by atoms with E-state index in [2.05, 4.69) is 133 Å². The van der Waals surface area contributed by atoms with Gasteiger partial charge in [0.2, 0.25) is 0 Å². The summed E-state index contributed by atoms with van der Waals surface area (Å²) in [5, 5.41) is 24.0. The Morgan fingerprint density at radius 2 is 1.19 bits per heavy atom. The molecule has 0 amide bonds. The van der Waals surface area contributed by atoms with Crippen LogP contribution in [0.3, 0.4) is 0 Å². The molecule has 0 bridgehead atoms. The normalized spacial score (nSPS) is 22.4. The maximum Gasteiger partial charge on any atom is 0.0970 e. The van der Waals surface area contributed by atoms with Crippen LogP contribution in [-0.4, -0.2) is 116 Å². The molecule has 0 aromatic heterocycles. The third-order valence-electron chi connectivity index (χ3n) is 10.5. The van der Waals surface area contributed by atoms with Crippen molar-refractivity contribution in [2.75, 3.05) is 32.9 Å². The topological polar surface area (TPSA) is 77.9 Å². The van der Waals surface area contributed by atoms with Gasteiger partial charge in [-0.2, -0.15) is 5.06 Å². The fraction of sp³-hybridized carbons (Fsp3) is 1.00. The summed E-state index contributed by atoms with van der Waals surface area (Å²) < 4.78 is 12.7. The summed E-state index contributed by atoms with van der Waals surface area (Å²) in [6.07, 6.45) is 7.11. The molecule has 2 atom stereocenters. The molecule has 2 unspecified atom stereocenters. The minimum absolute atomic E-state index is 0.0203. The lowest BCUT2D eigenvalue weighted by molar-refractivity contribution is -0.312. The number of piperidine rings is 2. The van der Waals surface area contributed by atoms with Gasteiger partial charge >= 0.3 is 0 Å². The van der Waals surface area contributed by atoms with E-state index in [0.717, 1.165) is 32.2 Å². The molecule has 2 fully saturated rings. The van der Waals surface area contributed by atoms with Gasteiger partial charge in [-0.3, -0.25) is 14.6 Å². The highest BCUT2D eigenvalue weighted by Crippen LogP contribution is 2.43. The number of hydrogen-bond acceptors (Lipinski definition) is 8. The Kier molecular flexibility index (Phi) is 21.3. The first-order valence-corrected chi connectivity index (χ1v) is 21.5. The van der Waals surface area contributed by atoms with Gasteiger partial charge in [-0.1, -0.05) is 68.2 Å². The monoisotopic (exact) mass is 758 g/mol. The Morgan fingerprint density at radius 1 is 0.717 bits per heavy atom. The molecule has 0 spiro atoms. The van der Waals surface area contributed by atoms with E-state index in [1.807, 2.05) is 27.7 Å². The zero-order chi connectivity index (χ0) is 41.9. The highest BCUT2D eigenvalue weighted by molar-refractivity contribution is 5.05. The fourth-order valence-corrected chi connectivity index (χ4v) is 8.87. The second-order valence-electron chi connectivity index (χ2n) is 21.4. The largest absolute Gasteiger partial charge is 0.391 e. The smallest absolute Gasteiger partial charge is 0.0970 e. The van der Waals surface area contributed by atoms with E-state index in [1.165, 1.54) is 19.3 Å². The lowest BCUT2D eigenvalue weighted by Gasteiger charge is -2.59. The number of aliphatic hydroxyl groups is 2. The van der Waals surface area contributed by atoms with Crippen LogP contribution in [0.15, 0.2) is 0 Å². The maximum absolute atomic E-state index is 11.4. The Morgan fingerprint density at radius 3 is 1.60 bits per heavy atom. The molecule has 53 heavy (non-hydrogen) atoms. The molecule has 2 aliphatic heterocycles. The Bertz CT molecular complexity index is 961. The van der Waals surface area contributed by atoms with Crippen LogP contribution >= 0.6 is 0 Å². The van der Waals surface area contributed by atoms with E-state index in [9.17, 15) is 10.2 Å². The van der Waals surface area contributed by atoms with Gasteiger partial charge in [-0.15, -0.1) is 0 Å². The summed E-state index contributed by atoms with van der Waals surface area (Å²) in [5.41, 5.74) is -1.01. The zero-order valence-corrected chi connectivity index (χ0v) is 39.5. The summed E-state index contributed by atoms with van der Waals surface area (Å²) >= 11 is 0. The van der Waals surface area contributed by atoms with Crippen LogP contribution in [0.1, 0.15) is 197 Å². The molecule has 0 aromatic carbocycles. The molecule has 2 saturated heterocycles. The number of hydrogen-bond donors (Lipinski definition) is 2. The van der Waals surface area contributed by atoms with Crippen LogP contribution in [0.2, 0.25) is 0 Å². The number of unbranched alkanes of at least 4 members (excludes halogenated alkanes) is 1. The summed E-state index contributed by atoms with van der Waals surface area (Å²) in [5.74, 6) is 0. The average Bonchev–Trinajstić information content (AvgIpc) is 2.95. The van der Waals surface area contributed by atoms with E-state index < -0.39 is 17.8 Å². The first-order valence-electron chi connectivity index (χ1n) is 21.5. The van der Waals surface area contributed by atoms with E-state index in [4.69, 9.17) is 14.3 Å². The highest BCUT2D eigenvalue weighted by Gasteiger charge is 2.50. The van der Waals surface area contributed by atoms with Crippen molar-refractivity contribution < 1.29 is 24.5 Å². The minimum Gasteiger partial charge on any atom is -0.391 e. The van der Waals surface area contributed by atoms with Gasteiger partial charge in [0, 0.05) is 40.3 Å². The lowest BCUT2D eigenvalue weighted by Crippen LogP contribution is -2.67. The van der Waals surface area contributed by atoms with E-state index >= 15 is 0 Å². The van der Waals surface area contributed by atoms with E-state index in [1.54, 1.807) is 0 Å². The summed E-state index contributed by atoms with van der Waals surface area (Å²) in [7, 11) is 0. The highest BCUT2D eigenvalue weighted by atomic mass is 16.7. The van der Waals surface area contributed by atoms with Crippen molar-refractivity contribution in [3.8, 4) is 0 Å². The standard InChI is InChI=1S/C40H81N3O5.C3H8.C2H6/c1-18-19-20-41(35(5,6)7)30-21-36(8,9)42(37(10,11)22-30)26-32(45)27-46-33-24-38(12,13)43(39(14,15)25-33)48-29-40(16,17)47-28-31(44)23-34(2,3)4;1-3-2;1-2/h30-33,44-45H,18-29H2,1-17H3;3H2,1-2H3;1-2H3. The minimum atomic E-state index is -0.564. The SMILES string of the molecule is CC.CCC.CCCCN(C1CC(C)(C)N(CC(O)COC2CC(C)(C)N(OCC(C)(C)OCC(O)CC(C)(C)C)C(C)(C)C2)C(C)(C)C1)C(C)(C)C. The predicted octanol–water partition coefficient (Wildman–Crippen LogP) is 10.3. The van der Waals surface area contributed by atoms with E-state index in [0.29, 0.717) is 38.8 Å². The van der Waals surface area contributed by atoms with Crippen LogP contribution in [-0.2, 0) is 14.3 Å². The molecule has 320 valence electrons. The van der Waals surface area contributed by atoms with Crippen LogP contribution in [0.25, 0.3) is 0 Å². The number of β-amino-alcohol motifs (C(OH)–C–C–N with tert-alkyl or cyclic N) is 1. The maximum atomic E-state index is 11.4. The van der Waals surface area contributed by atoms with Gasteiger partial charge in [-0.25, -0.2) is 0 Å². The summed E-state index contributed by atoms with van der Waals surface area (Å²) in [4.78, 5) is 11.8. The Hall–Kier alpha value is -0.320. The lowest BCUT2D eigenvalue weighted by atomic mass is 9.75. The number of rotatable bonds is 16. The van der Waals surface area contributed by atoms with Crippen LogP contribution < -0.4 is 0 Å². The van der Waals surface area contributed by atoms with Crippen molar-refractivity contribution in [1.29, 1.82) is 0 Å². The molecule has 0 aromatic rings. The summed E-state index contributed by atoms with van der Waals surface area (Å²) in [6.45, 7) is 49.0. The molecule has 0 radical (unpaired) electrons. The number of likely N-dealkylation sites (tertiary alicyclic amines) is 1. The Labute approximate surface area is 331 Å². The van der Waals surface area contributed by atoms with Crippen LogP contribution in [0, 0.1) is 5.41 Å². The molecule has 8 nitrogen and oxygen atoms in total. The first-order chi connectivity index (χ1) is 23.9. The van der Waals surface area contributed by atoms with Crippen LogP contribution in [0.4, 0.5) is 0 Å². The molecule has 2 rings (SSSR count). The first kappa shape index (κ1) is 52.7. The molecule has 0 saturated carbocycles. The molecular formula is C45H95N3O5. The molecular weight excluding hydrogens is 663 g/mol. The van der Waals surface area contributed by atoms with Crippen molar-refractivity contribution >= 4 is 0 Å². The van der Waals surface area contributed by atoms with Gasteiger partial charge < -0.3 is 19.7 Å². The number of nitrogens with zero attached hydrogens (tertiary/aromatic N) is 3. The molecule has 2 aliphatic rings. The van der Waals surface area contributed by atoms with Crippen molar-refractivity contribution in [3.63, 3.8) is 0 Å². The second-order valence-corrected chi connectivity index (χ2v) is 21.4. The van der Waals surface area contributed by atoms with Gasteiger partial charge in [0.05, 0.1) is 43.7 Å². The van der Waals surface area contributed by atoms with Crippen LogP contribution in [0.5, 0.6) is 0 Å². The Balaban J connectivity index is 0.00000513. The fourth-order valence-electron chi connectivity index (χ4n) is 8.87. The van der Waals surface area contributed by atoms with Crippen molar-refractivity contribution in [2.24, 2.45) is 5.41 Å². The number of aliphatic hydroxyl groups excluding tert-OH is 2. The quantitative estimate of drug-likeness (QED) is 0.161. The molecule has 8 heteroatoms. The number of hydroxylamine groups is 2.